The lowest BCUT2D eigenvalue weighted by atomic mass is 10.0. The molecule has 0 fully saturated rings. The fourth-order valence-corrected chi connectivity index (χ4v) is 7.91. The second-order valence-corrected chi connectivity index (χ2v) is 18.5. The summed E-state index contributed by atoms with van der Waals surface area (Å²) in [6.07, 6.45) is 8.18. The maximum Gasteiger partial charge on any atom is 0.243 e. The van der Waals surface area contributed by atoms with Crippen molar-refractivity contribution < 1.29 is 33.6 Å². The number of H-pyrrole nitrogens is 2. The molecule has 7 atom stereocenters. The van der Waals surface area contributed by atoms with E-state index in [0.29, 0.717) is 18.5 Å². The van der Waals surface area contributed by atoms with E-state index < -0.39 is 96.1 Å². The third-order valence-electron chi connectivity index (χ3n) is 11.1. The third-order valence-corrected chi connectivity index (χ3v) is 11.7. The van der Waals surface area contributed by atoms with Gasteiger partial charge in [-0.05, 0) is 67.2 Å². The highest BCUT2D eigenvalue weighted by molar-refractivity contribution is 7.98. The third kappa shape index (κ3) is 17.5. The van der Waals surface area contributed by atoms with Gasteiger partial charge in [0.2, 0.25) is 41.4 Å². The van der Waals surface area contributed by atoms with Crippen molar-refractivity contribution in [3.63, 3.8) is 0 Å². The van der Waals surface area contributed by atoms with Crippen LogP contribution in [-0.4, -0.2) is 124 Å². The average Bonchev–Trinajstić information content (AvgIpc) is 3.96. The first kappa shape index (κ1) is 53.4. The summed E-state index contributed by atoms with van der Waals surface area (Å²) >= 11 is 1.59. The number of nitrogens with two attached hydrogens (primary N) is 2. The molecule has 4 rings (SSSR count). The van der Waals surface area contributed by atoms with Crippen molar-refractivity contribution in [2.24, 2.45) is 23.3 Å². The van der Waals surface area contributed by atoms with Gasteiger partial charge in [0.05, 0.1) is 25.0 Å². The molecule has 0 radical (unpaired) electrons. The lowest BCUT2D eigenvalue weighted by Gasteiger charge is -2.27. The van der Waals surface area contributed by atoms with Gasteiger partial charge in [0.15, 0.2) is 0 Å². The number of fused-ring (bicyclic) bond motifs is 1. The summed E-state index contributed by atoms with van der Waals surface area (Å²) < 4.78 is 0. The van der Waals surface area contributed by atoms with E-state index in [9.17, 15) is 33.6 Å². The molecular formula is C47H68N12O7S. The van der Waals surface area contributed by atoms with Gasteiger partial charge in [0.25, 0.3) is 0 Å². The minimum atomic E-state index is -1.15. The van der Waals surface area contributed by atoms with Crippen LogP contribution in [0, 0.1) is 11.8 Å². The van der Waals surface area contributed by atoms with Gasteiger partial charge >= 0.3 is 0 Å². The maximum absolute atomic E-state index is 13.9. The number of hydrogen-bond acceptors (Lipinski definition) is 11. The molecule has 2 aromatic carbocycles. The van der Waals surface area contributed by atoms with Crippen molar-refractivity contribution in [3.8, 4) is 0 Å². The number of benzene rings is 2. The molecule has 0 aliphatic rings. The van der Waals surface area contributed by atoms with E-state index in [2.05, 4.69) is 52.2 Å². The number of thioether (sulfide) groups is 1. The Morgan fingerprint density at radius 3 is 2.07 bits per heavy atom. The van der Waals surface area contributed by atoms with Crippen LogP contribution < -0.4 is 48.7 Å². The molecule has 0 unspecified atom stereocenters. The molecule has 4 aromatic rings. The molecule has 2 heterocycles. The Morgan fingerprint density at radius 2 is 1.42 bits per heavy atom. The topological polar surface area (TPSA) is 300 Å². The molecule has 19 nitrogen and oxygen atoms in total. The zero-order valence-electron chi connectivity index (χ0n) is 39.1. The Hall–Kier alpha value is -6.25. The van der Waals surface area contributed by atoms with Gasteiger partial charge < -0.3 is 58.7 Å². The maximum atomic E-state index is 13.9. The van der Waals surface area contributed by atoms with Crippen molar-refractivity contribution >= 4 is 64.0 Å². The van der Waals surface area contributed by atoms with Crippen molar-refractivity contribution in [1.82, 2.24) is 52.2 Å². The van der Waals surface area contributed by atoms with E-state index >= 15 is 0 Å². The van der Waals surface area contributed by atoms with Gasteiger partial charge in [0, 0.05) is 54.4 Å². The largest absolute Gasteiger partial charge is 0.368 e. The summed E-state index contributed by atoms with van der Waals surface area (Å²) in [7, 11) is 0. The molecule has 0 spiro atoms. The number of hydrogen-bond donors (Lipinski definition) is 11. The SMILES string of the molecule is CSCC[C@H](NC[C@H](CC(C)C)NC(=O)[C@H](Cc1cnc[nH]1)NC(=O)CNC(=O)[C@@H](NC(=O)[C@H](C)NC(=O)[C@H](Cc1c[nH]c2ccccc12)NC(=O)[C@H](N)Cc1ccccc1)C(C)C)C(N)=O. The molecule has 0 saturated heterocycles. The van der Waals surface area contributed by atoms with E-state index in [1.165, 1.54) is 19.4 Å². The fraction of sp³-hybridized carbons (Fsp3) is 0.489. The molecule has 2 aromatic heterocycles. The number of rotatable bonds is 28. The predicted molar refractivity (Wildman–Crippen MR) is 259 cm³/mol. The van der Waals surface area contributed by atoms with Crippen molar-refractivity contribution in [2.45, 2.75) is 109 Å². The number of primary amides is 1. The van der Waals surface area contributed by atoms with Crippen LogP contribution in [0.25, 0.3) is 10.9 Å². The molecular weight excluding hydrogens is 877 g/mol. The highest BCUT2D eigenvalue weighted by Gasteiger charge is 2.32. The minimum absolute atomic E-state index is 0.0616. The van der Waals surface area contributed by atoms with Gasteiger partial charge in [-0.15, -0.1) is 0 Å². The first-order chi connectivity index (χ1) is 31.9. The highest BCUT2D eigenvalue weighted by atomic mass is 32.2. The lowest BCUT2D eigenvalue weighted by Crippen LogP contribution is -2.59. The van der Waals surface area contributed by atoms with E-state index in [1.807, 2.05) is 74.7 Å². The first-order valence-corrected chi connectivity index (χ1v) is 24.0. The zero-order chi connectivity index (χ0) is 49.0. The van der Waals surface area contributed by atoms with Gasteiger partial charge in [-0.25, -0.2) is 4.98 Å². The number of carbonyl (C=O) groups excluding carboxylic acids is 7. The summed E-state index contributed by atoms with van der Waals surface area (Å²) in [5, 5.41) is 20.5. The quantitative estimate of drug-likeness (QED) is 0.0377. The molecule has 0 aliphatic heterocycles. The molecule has 13 N–H and O–H groups in total. The van der Waals surface area contributed by atoms with Crippen LogP contribution in [0.2, 0.25) is 0 Å². The van der Waals surface area contributed by atoms with E-state index in [1.54, 1.807) is 31.8 Å². The van der Waals surface area contributed by atoms with Crippen LogP contribution >= 0.6 is 11.8 Å². The van der Waals surface area contributed by atoms with E-state index in [-0.39, 0.29) is 31.7 Å². The molecule has 0 aliphatic carbocycles. The number of amides is 7. The van der Waals surface area contributed by atoms with E-state index in [4.69, 9.17) is 11.5 Å². The summed E-state index contributed by atoms with van der Waals surface area (Å²) in [5.74, 6) is -3.72. The van der Waals surface area contributed by atoms with Gasteiger partial charge in [0.1, 0.15) is 24.2 Å². The number of aromatic amines is 2. The zero-order valence-corrected chi connectivity index (χ0v) is 40.0. The Morgan fingerprint density at radius 1 is 0.731 bits per heavy atom. The van der Waals surface area contributed by atoms with Crippen molar-refractivity contribution in [3.05, 3.63) is 90.1 Å². The number of imidazole rings is 1. The lowest BCUT2D eigenvalue weighted by molar-refractivity contribution is -0.134. The first-order valence-electron chi connectivity index (χ1n) is 22.6. The molecule has 0 saturated carbocycles. The molecule has 0 bridgehead atoms. The van der Waals surface area contributed by atoms with Gasteiger partial charge in [-0.2, -0.15) is 11.8 Å². The van der Waals surface area contributed by atoms with Crippen LogP contribution in [0.15, 0.2) is 73.3 Å². The number of aromatic nitrogens is 3. The average molecular weight is 945 g/mol. The predicted octanol–water partition coefficient (Wildman–Crippen LogP) is 0.705. The monoisotopic (exact) mass is 945 g/mol. The smallest absolute Gasteiger partial charge is 0.243 e. The minimum Gasteiger partial charge on any atom is -0.368 e. The van der Waals surface area contributed by atoms with E-state index in [0.717, 1.165) is 27.8 Å². The normalized spacial score (nSPS) is 14.5. The molecule has 67 heavy (non-hydrogen) atoms. The van der Waals surface area contributed by atoms with Crippen LogP contribution in [0.1, 0.15) is 64.3 Å². The summed E-state index contributed by atoms with van der Waals surface area (Å²) in [5.41, 5.74) is 15.0. The second kappa shape index (κ2) is 26.8. The van der Waals surface area contributed by atoms with Crippen LogP contribution in [0.3, 0.4) is 0 Å². The van der Waals surface area contributed by atoms with Gasteiger partial charge in [-0.1, -0.05) is 76.2 Å². The summed E-state index contributed by atoms with van der Waals surface area (Å²) in [6.45, 7) is 8.63. The number of carbonyl (C=O) groups is 7. The van der Waals surface area contributed by atoms with Crippen LogP contribution in [0.4, 0.5) is 0 Å². The Bertz CT molecular complexity index is 2240. The van der Waals surface area contributed by atoms with Crippen molar-refractivity contribution in [1.29, 1.82) is 0 Å². The standard InChI is InChI=1S/C47H68N12O7S/c1-27(2)18-33(24-52-37(42(49)61)16-17-67-6)56-46(65)39(21-32-23-50-26-54-32)57-40(60)25-53-47(66)41(28(3)4)59-43(62)29(5)55-45(64)38(20-31-22-51-36-15-11-10-14-34(31)36)58-44(63)35(48)19-30-12-8-7-9-13-30/h7-15,22-23,26-29,33,35,37-39,41,51-52H,16-21,24-25,48H2,1-6H3,(H2,49,61)(H,50,54)(H,53,66)(H,55,64)(H,56,65)(H,57,60)(H,58,63)(H,59,62)/t29-,33-,35+,37-,38-,39-,41-/m0/s1. The Kier molecular flexibility index (Phi) is 21.3. The summed E-state index contributed by atoms with van der Waals surface area (Å²) in [4.78, 5) is 104. The Labute approximate surface area is 396 Å². The van der Waals surface area contributed by atoms with Gasteiger partial charge in [-0.3, -0.25) is 33.6 Å². The number of nitrogens with zero attached hydrogens (tertiary/aromatic N) is 1. The molecule has 20 heteroatoms. The fourth-order valence-electron chi connectivity index (χ4n) is 7.44. The Balaban J connectivity index is 1.38. The summed E-state index contributed by atoms with van der Waals surface area (Å²) in [6, 6.07) is 10.4. The molecule has 7 amide bonds. The van der Waals surface area contributed by atoms with Crippen LogP contribution in [0.5, 0.6) is 0 Å². The second-order valence-electron chi connectivity index (χ2n) is 17.5. The number of nitrogens with one attached hydrogen (secondary N) is 9. The highest BCUT2D eigenvalue weighted by Crippen LogP contribution is 2.20. The van der Waals surface area contributed by atoms with Crippen LogP contribution in [-0.2, 0) is 52.8 Å². The van der Waals surface area contributed by atoms with Crippen molar-refractivity contribution in [2.75, 3.05) is 25.1 Å². The number of para-hydroxylation sites is 1. The molecule has 364 valence electrons.